The lowest BCUT2D eigenvalue weighted by atomic mass is 10.0. The van der Waals surface area contributed by atoms with Crippen LogP contribution in [0.3, 0.4) is 0 Å². The quantitative estimate of drug-likeness (QED) is 0.629. The van der Waals surface area contributed by atoms with E-state index in [0.717, 1.165) is 29.8 Å². The van der Waals surface area contributed by atoms with Gasteiger partial charge in [0, 0.05) is 5.56 Å². The van der Waals surface area contributed by atoms with Crippen molar-refractivity contribution in [3.05, 3.63) is 64.7 Å². The lowest BCUT2D eigenvalue weighted by Crippen LogP contribution is -2.25. The standard InChI is InChI=1S/C19H23NO2/c1-14-4-9-18(15(2)12-14)19(21)13-20-11-10-16-5-7-17(22-3)8-6-16/h4-9,12,20H,10-11,13H2,1-3H3. The van der Waals surface area contributed by atoms with Crippen LogP contribution in [0.4, 0.5) is 0 Å². The van der Waals surface area contributed by atoms with Gasteiger partial charge in [0.05, 0.1) is 13.7 Å². The second kappa shape index (κ2) is 7.76. The smallest absolute Gasteiger partial charge is 0.176 e. The third-order valence-electron chi connectivity index (χ3n) is 3.72. The van der Waals surface area contributed by atoms with Crippen LogP contribution in [0.1, 0.15) is 27.0 Å². The van der Waals surface area contributed by atoms with Gasteiger partial charge >= 0.3 is 0 Å². The van der Waals surface area contributed by atoms with E-state index in [2.05, 4.69) is 5.32 Å². The molecule has 0 atom stereocenters. The maximum Gasteiger partial charge on any atom is 0.176 e. The van der Waals surface area contributed by atoms with Gasteiger partial charge in [0.25, 0.3) is 0 Å². The molecule has 2 aromatic rings. The highest BCUT2D eigenvalue weighted by Gasteiger charge is 2.08. The molecule has 2 aromatic carbocycles. The zero-order valence-corrected chi connectivity index (χ0v) is 13.5. The molecule has 0 aliphatic rings. The van der Waals surface area contributed by atoms with Crippen LogP contribution in [0.5, 0.6) is 5.75 Å². The molecule has 0 spiro atoms. The zero-order chi connectivity index (χ0) is 15.9. The second-order valence-corrected chi connectivity index (χ2v) is 5.52. The van der Waals surface area contributed by atoms with E-state index >= 15 is 0 Å². The predicted octanol–water partition coefficient (Wildman–Crippen LogP) is 3.33. The fraction of sp³-hybridized carbons (Fsp3) is 0.316. The summed E-state index contributed by atoms with van der Waals surface area (Å²) in [5.41, 5.74) is 4.26. The Kier molecular flexibility index (Phi) is 5.73. The molecule has 22 heavy (non-hydrogen) atoms. The van der Waals surface area contributed by atoms with E-state index in [-0.39, 0.29) is 5.78 Å². The summed E-state index contributed by atoms with van der Waals surface area (Å²) in [6, 6.07) is 13.9. The van der Waals surface area contributed by atoms with Crippen molar-refractivity contribution in [1.82, 2.24) is 5.32 Å². The number of ketones is 1. The van der Waals surface area contributed by atoms with Crippen LogP contribution in [0.25, 0.3) is 0 Å². The summed E-state index contributed by atoms with van der Waals surface area (Å²) >= 11 is 0. The molecule has 0 aliphatic heterocycles. The average molecular weight is 297 g/mol. The molecular formula is C19H23NO2. The summed E-state index contributed by atoms with van der Waals surface area (Å²) in [4.78, 5) is 12.2. The Morgan fingerprint density at radius 1 is 1.09 bits per heavy atom. The van der Waals surface area contributed by atoms with Crippen LogP contribution in [0.15, 0.2) is 42.5 Å². The maximum atomic E-state index is 12.2. The Bertz CT molecular complexity index is 632. The van der Waals surface area contributed by atoms with Crippen molar-refractivity contribution in [3.8, 4) is 5.75 Å². The molecule has 3 nitrogen and oxygen atoms in total. The Balaban J connectivity index is 1.79. The highest BCUT2D eigenvalue weighted by Crippen LogP contribution is 2.12. The SMILES string of the molecule is COc1ccc(CCNCC(=O)c2ccc(C)cc2C)cc1. The molecule has 3 heteroatoms. The minimum absolute atomic E-state index is 0.146. The van der Waals surface area contributed by atoms with E-state index in [9.17, 15) is 4.79 Å². The van der Waals surface area contributed by atoms with E-state index in [1.807, 2.05) is 56.3 Å². The van der Waals surface area contributed by atoms with Gasteiger partial charge in [0.1, 0.15) is 5.75 Å². The number of ether oxygens (including phenoxy) is 1. The molecule has 0 fully saturated rings. The van der Waals surface area contributed by atoms with Gasteiger partial charge in [-0.25, -0.2) is 0 Å². The van der Waals surface area contributed by atoms with Crippen LogP contribution < -0.4 is 10.1 Å². The number of methoxy groups -OCH3 is 1. The molecule has 0 saturated heterocycles. The van der Waals surface area contributed by atoms with E-state index in [1.165, 1.54) is 11.1 Å². The Morgan fingerprint density at radius 3 is 2.45 bits per heavy atom. The van der Waals surface area contributed by atoms with Gasteiger partial charge in [0.2, 0.25) is 0 Å². The van der Waals surface area contributed by atoms with Gasteiger partial charge in [-0.3, -0.25) is 4.79 Å². The van der Waals surface area contributed by atoms with Crippen molar-refractivity contribution in [2.45, 2.75) is 20.3 Å². The molecule has 0 bridgehead atoms. The molecule has 0 aromatic heterocycles. The molecule has 116 valence electrons. The number of hydrogen-bond donors (Lipinski definition) is 1. The molecule has 0 aliphatic carbocycles. The van der Waals surface area contributed by atoms with Gasteiger partial charge in [-0.1, -0.05) is 35.9 Å². The molecule has 2 rings (SSSR count). The summed E-state index contributed by atoms with van der Waals surface area (Å²) in [5.74, 6) is 1.01. The van der Waals surface area contributed by atoms with E-state index in [4.69, 9.17) is 4.74 Å². The predicted molar refractivity (Wildman–Crippen MR) is 89.8 cm³/mol. The number of nitrogens with one attached hydrogen (secondary N) is 1. The molecule has 0 amide bonds. The molecule has 0 heterocycles. The third kappa shape index (κ3) is 4.43. The summed E-state index contributed by atoms with van der Waals surface area (Å²) in [6.45, 7) is 5.18. The monoisotopic (exact) mass is 297 g/mol. The van der Waals surface area contributed by atoms with Crippen LogP contribution in [-0.4, -0.2) is 26.0 Å². The van der Waals surface area contributed by atoms with Crippen molar-refractivity contribution in [3.63, 3.8) is 0 Å². The number of rotatable bonds is 7. The van der Waals surface area contributed by atoms with Crippen LogP contribution in [0, 0.1) is 13.8 Å². The minimum Gasteiger partial charge on any atom is -0.497 e. The Labute approximate surface area is 132 Å². The Hall–Kier alpha value is -2.13. The van der Waals surface area contributed by atoms with Gasteiger partial charge in [-0.15, -0.1) is 0 Å². The van der Waals surface area contributed by atoms with Crippen LogP contribution >= 0.6 is 0 Å². The van der Waals surface area contributed by atoms with Crippen molar-refractivity contribution in [1.29, 1.82) is 0 Å². The third-order valence-corrected chi connectivity index (χ3v) is 3.72. The summed E-state index contributed by atoms with van der Waals surface area (Å²) in [5, 5.41) is 3.22. The lowest BCUT2D eigenvalue weighted by molar-refractivity contribution is 0.0991. The topological polar surface area (TPSA) is 38.3 Å². The first-order valence-corrected chi connectivity index (χ1v) is 7.54. The number of Topliss-reactive ketones (excluding diaryl/α,β-unsaturated/α-hetero) is 1. The molecule has 0 unspecified atom stereocenters. The van der Waals surface area contributed by atoms with Crippen molar-refractivity contribution in [2.75, 3.05) is 20.2 Å². The highest BCUT2D eigenvalue weighted by molar-refractivity contribution is 5.98. The number of carbonyl (C=O) groups is 1. The van der Waals surface area contributed by atoms with Crippen LogP contribution in [0.2, 0.25) is 0 Å². The van der Waals surface area contributed by atoms with E-state index < -0.39 is 0 Å². The number of carbonyl (C=O) groups excluding carboxylic acids is 1. The molecule has 0 radical (unpaired) electrons. The molecule has 1 N–H and O–H groups in total. The first-order valence-electron chi connectivity index (χ1n) is 7.54. The summed E-state index contributed by atoms with van der Waals surface area (Å²) in [6.07, 6.45) is 0.893. The van der Waals surface area contributed by atoms with E-state index in [1.54, 1.807) is 7.11 Å². The van der Waals surface area contributed by atoms with E-state index in [0.29, 0.717) is 6.54 Å². The second-order valence-electron chi connectivity index (χ2n) is 5.52. The van der Waals surface area contributed by atoms with Gasteiger partial charge in [-0.2, -0.15) is 0 Å². The molecular weight excluding hydrogens is 274 g/mol. The minimum atomic E-state index is 0.146. The van der Waals surface area contributed by atoms with Crippen molar-refractivity contribution < 1.29 is 9.53 Å². The van der Waals surface area contributed by atoms with Gasteiger partial charge in [0.15, 0.2) is 5.78 Å². The fourth-order valence-electron chi connectivity index (χ4n) is 2.45. The normalized spacial score (nSPS) is 10.5. The lowest BCUT2D eigenvalue weighted by Gasteiger charge is -2.08. The number of aryl methyl sites for hydroxylation is 2. The first kappa shape index (κ1) is 16.2. The van der Waals surface area contributed by atoms with Crippen molar-refractivity contribution in [2.24, 2.45) is 0 Å². The highest BCUT2D eigenvalue weighted by atomic mass is 16.5. The largest absolute Gasteiger partial charge is 0.497 e. The first-order chi connectivity index (χ1) is 10.6. The number of benzene rings is 2. The average Bonchev–Trinajstić information content (AvgIpc) is 2.52. The summed E-state index contributed by atoms with van der Waals surface area (Å²) in [7, 11) is 1.66. The van der Waals surface area contributed by atoms with Crippen LogP contribution in [-0.2, 0) is 6.42 Å². The van der Waals surface area contributed by atoms with Gasteiger partial charge in [-0.05, 0) is 50.1 Å². The van der Waals surface area contributed by atoms with Gasteiger partial charge < -0.3 is 10.1 Å². The zero-order valence-electron chi connectivity index (χ0n) is 13.5. The summed E-state index contributed by atoms with van der Waals surface area (Å²) < 4.78 is 5.13. The Morgan fingerprint density at radius 2 is 1.82 bits per heavy atom. The molecule has 0 saturated carbocycles. The fourth-order valence-corrected chi connectivity index (χ4v) is 2.45. The number of hydrogen-bond acceptors (Lipinski definition) is 3. The van der Waals surface area contributed by atoms with Crippen molar-refractivity contribution >= 4 is 5.78 Å². The maximum absolute atomic E-state index is 12.2.